The van der Waals surface area contributed by atoms with Crippen molar-refractivity contribution in [3.63, 3.8) is 0 Å². The normalized spacial score (nSPS) is 14.2. The Morgan fingerprint density at radius 1 is 0.465 bits per heavy atom. The number of unbranched alkanes of at least 4 members (excludes halogenated alkanes) is 37. The molecule has 3 atom stereocenters. The molecule has 0 saturated heterocycles. The van der Waals surface area contributed by atoms with E-state index in [9.17, 15) is 19.4 Å². The number of hydrogen-bond donors (Lipinski definition) is 3. The topological polar surface area (TPSA) is 105 Å². The van der Waals surface area contributed by atoms with E-state index in [-0.39, 0.29) is 19.1 Å². The molecule has 0 fully saturated rings. The summed E-state index contributed by atoms with van der Waals surface area (Å²) in [5.74, 6) is -0.187. The van der Waals surface area contributed by atoms with Gasteiger partial charge in [-0.2, -0.15) is 0 Å². The molecule has 0 spiro atoms. The maximum atomic E-state index is 13.0. The highest BCUT2D eigenvalue weighted by molar-refractivity contribution is 7.47. The van der Waals surface area contributed by atoms with Gasteiger partial charge in [-0.15, -0.1) is 0 Å². The van der Waals surface area contributed by atoms with E-state index in [0.29, 0.717) is 17.4 Å². The number of rotatable bonds is 56. The average Bonchev–Trinajstić information content (AvgIpc) is 3.33. The summed E-state index contributed by atoms with van der Waals surface area (Å²) in [6.07, 6.45) is 70.9. The highest BCUT2D eigenvalue weighted by Gasteiger charge is 2.27. The Morgan fingerprint density at radius 3 is 1.13 bits per heavy atom. The van der Waals surface area contributed by atoms with Crippen LogP contribution < -0.4 is 5.32 Å². The van der Waals surface area contributed by atoms with Gasteiger partial charge in [-0.25, -0.2) is 4.57 Å². The first-order valence-electron chi connectivity index (χ1n) is 30.5. The van der Waals surface area contributed by atoms with Crippen LogP contribution in [0.2, 0.25) is 0 Å². The number of phosphoric ester groups is 1. The number of allylic oxidation sites excluding steroid dienone is 7. The maximum Gasteiger partial charge on any atom is 0.472 e. The molecule has 418 valence electrons. The lowest BCUT2D eigenvalue weighted by atomic mass is 10.0. The summed E-state index contributed by atoms with van der Waals surface area (Å²) >= 11 is 0. The zero-order valence-corrected chi connectivity index (χ0v) is 48.6. The van der Waals surface area contributed by atoms with Crippen LogP contribution in [0.3, 0.4) is 0 Å². The van der Waals surface area contributed by atoms with Crippen molar-refractivity contribution in [3.8, 4) is 0 Å². The smallest absolute Gasteiger partial charge is 0.387 e. The summed E-state index contributed by atoms with van der Waals surface area (Å²) < 4.78 is 23.7. The molecule has 8 nitrogen and oxygen atoms in total. The van der Waals surface area contributed by atoms with Crippen LogP contribution >= 0.6 is 7.82 Å². The third-order valence-corrected chi connectivity index (χ3v) is 14.7. The van der Waals surface area contributed by atoms with Crippen LogP contribution in [0.5, 0.6) is 0 Å². The molecule has 3 unspecified atom stereocenters. The lowest BCUT2D eigenvalue weighted by Gasteiger charge is -2.25. The Morgan fingerprint density at radius 2 is 0.775 bits per heavy atom. The number of aliphatic hydroxyl groups excluding tert-OH is 1. The van der Waals surface area contributed by atoms with E-state index < -0.39 is 20.0 Å². The fourth-order valence-corrected chi connectivity index (χ4v) is 9.69. The van der Waals surface area contributed by atoms with E-state index in [2.05, 4.69) is 55.6 Å². The van der Waals surface area contributed by atoms with Crippen molar-refractivity contribution in [2.45, 2.75) is 302 Å². The number of nitrogens with one attached hydrogen (secondary N) is 1. The standard InChI is InChI=1S/C62H119N2O6P/c1-6-8-10-12-14-16-18-20-22-24-26-28-30-31-32-33-34-36-38-40-42-44-46-48-50-52-54-56-62(66)63-60(59-70-71(67,68)69-58-57-64(3,4)5)61(65)55-53-51-49-47-45-43-41-39-37-35-29-27-25-23-21-19-17-15-13-11-9-7-2/h24,26,37,39,45,47,53,55,60-61,65H,6-23,25,27-36,38,40-44,46,48-52,54,56-59H2,1-5H3,(H-,63,66,67,68)/p+1/b26-24-,39-37+,47-45+,55-53+. The van der Waals surface area contributed by atoms with Gasteiger partial charge in [0.15, 0.2) is 0 Å². The number of aliphatic hydroxyl groups is 1. The van der Waals surface area contributed by atoms with Gasteiger partial charge in [0.1, 0.15) is 13.2 Å². The van der Waals surface area contributed by atoms with Gasteiger partial charge >= 0.3 is 7.82 Å². The third-order valence-electron chi connectivity index (χ3n) is 13.7. The van der Waals surface area contributed by atoms with Gasteiger partial charge in [0, 0.05) is 6.42 Å². The van der Waals surface area contributed by atoms with Gasteiger partial charge < -0.3 is 19.8 Å². The van der Waals surface area contributed by atoms with Crippen LogP contribution in [0.4, 0.5) is 0 Å². The number of phosphoric acid groups is 1. The molecule has 0 rings (SSSR count). The summed E-state index contributed by atoms with van der Waals surface area (Å²) in [5, 5.41) is 13.9. The van der Waals surface area contributed by atoms with E-state index >= 15 is 0 Å². The van der Waals surface area contributed by atoms with Crippen LogP contribution in [0.15, 0.2) is 48.6 Å². The van der Waals surface area contributed by atoms with Gasteiger partial charge in [-0.05, 0) is 70.6 Å². The maximum absolute atomic E-state index is 13.0. The van der Waals surface area contributed by atoms with Crippen LogP contribution in [-0.4, -0.2) is 73.4 Å². The SMILES string of the molecule is CCCCCCCCCC/C=C\CCCCCCCCCCCCCCCCCC(=O)NC(COP(=O)(O)OCC[N+](C)(C)C)C(O)/C=C/CC/C=C/CC/C=C/CCCCCCCCCCCCCC. The molecule has 71 heavy (non-hydrogen) atoms. The summed E-state index contributed by atoms with van der Waals surface area (Å²) in [6.45, 7) is 4.82. The van der Waals surface area contributed by atoms with E-state index in [1.807, 2.05) is 27.2 Å². The molecule has 3 N–H and O–H groups in total. The van der Waals surface area contributed by atoms with E-state index in [1.54, 1.807) is 6.08 Å². The second-order valence-electron chi connectivity index (χ2n) is 22.1. The highest BCUT2D eigenvalue weighted by atomic mass is 31.2. The van der Waals surface area contributed by atoms with Gasteiger partial charge in [0.25, 0.3) is 0 Å². The number of hydrogen-bond acceptors (Lipinski definition) is 5. The quantitative estimate of drug-likeness (QED) is 0.0243. The lowest BCUT2D eigenvalue weighted by Crippen LogP contribution is -2.45. The summed E-state index contributed by atoms with van der Waals surface area (Å²) in [4.78, 5) is 23.3. The van der Waals surface area contributed by atoms with Gasteiger partial charge in [0.2, 0.25) is 5.91 Å². The highest BCUT2D eigenvalue weighted by Crippen LogP contribution is 2.43. The van der Waals surface area contributed by atoms with Crippen molar-refractivity contribution in [2.75, 3.05) is 40.9 Å². The van der Waals surface area contributed by atoms with Crippen molar-refractivity contribution < 1.29 is 32.9 Å². The number of likely N-dealkylation sites (N-methyl/N-ethyl adjacent to an activating group) is 1. The van der Waals surface area contributed by atoms with E-state index in [1.165, 1.54) is 225 Å². The molecule has 0 aromatic carbocycles. The van der Waals surface area contributed by atoms with E-state index in [4.69, 9.17) is 9.05 Å². The predicted molar refractivity (Wildman–Crippen MR) is 309 cm³/mol. The Labute approximate surface area is 441 Å². The second-order valence-corrected chi connectivity index (χ2v) is 23.5. The molecule has 0 aliphatic rings. The zero-order valence-electron chi connectivity index (χ0n) is 47.7. The molecule has 0 bridgehead atoms. The number of quaternary nitrogens is 1. The largest absolute Gasteiger partial charge is 0.472 e. The Hall–Kier alpha value is -1.54. The van der Waals surface area contributed by atoms with Crippen molar-refractivity contribution >= 4 is 13.7 Å². The first-order valence-corrected chi connectivity index (χ1v) is 32.0. The summed E-state index contributed by atoms with van der Waals surface area (Å²) in [7, 11) is 1.55. The fraction of sp³-hybridized carbons (Fsp3) is 0.855. The molecule has 0 radical (unpaired) electrons. The molecule has 0 aliphatic heterocycles. The Kier molecular flexibility index (Phi) is 52.1. The summed E-state index contributed by atoms with van der Waals surface area (Å²) in [5.41, 5.74) is 0. The van der Waals surface area contributed by atoms with Crippen molar-refractivity contribution in [2.24, 2.45) is 0 Å². The first kappa shape index (κ1) is 69.5. The second kappa shape index (κ2) is 53.3. The summed E-state index contributed by atoms with van der Waals surface area (Å²) in [6, 6.07) is -0.870. The monoisotopic (exact) mass is 1020 g/mol. The third kappa shape index (κ3) is 56.0. The first-order chi connectivity index (χ1) is 34.5. The number of carbonyl (C=O) groups is 1. The average molecular weight is 1020 g/mol. The zero-order chi connectivity index (χ0) is 52.0. The fourth-order valence-electron chi connectivity index (χ4n) is 8.95. The van der Waals surface area contributed by atoms with Crippen molar-refractivity contribution in [3.05, 3.63) is 48.6 Å². The van der Waals surface area contributed by atoms with Crippen molar-refractivity contribution in [1.29, 1.82) is 0 Å². The van der Waals surface area contributed by atoms with Crippen LogP contribution in [0, 0.1) is 0 Å². The number of carbonyl (C=O) groups excluding carboxylic acids is 1. The predicted octanol–water partition coefficient (Wildman–Crippen LogP) is 18.7. The van der Waals surface area contributed by atoms with E-state index in [0.717, 1.165) is 44.9 Å². The molecule has 0 aromatic rings. The molecule has 0 aliphatic carbocycles. The minimum atomic E-state index is -4.36. The Balaban J connectivity index is 4.21. The van der Waals surface area contributed by atoms with Crippen LogP contribution in [0.1, 0.15) is 290 Å². The molecule has 1 amide bonds. The molecule has 9 heteroatoms. The van der Waals surface area contributed by atoms with Crippen molar-refractivity contribution in [1.82, 2.24) is 5.32 Å². The van der Waals surface area contributed by atoms with Crippen LogP contribution in [0.25, 0.3) is 0 Å². The van der Waals surface area contributed by atoms with Gasteiger partial charge in [0.05, 0.1) is 39.9 Å². The minimum absolute atomic E-state index is 0.0538. The van der Waals surface area contributed by atoms with Gasteiger partial charge in [-0.3, -0.25) is 13.8 Å². The molecular formula is C62H120N2O6P+. The molecule has 0 aromatic heterocycles. The molecule has 0 heterocycles. The molecular weight excluding hydrogens is 900 g/mol. The minimum Gasteiger partial charge on any atom is -0.387 e. The molecule has 0 saturated carbocycles. The van der Waals surface area contributed by atoms with Gasteiger partial charge in [-0.1, -0.05) is 262 Å². The number of nitrogens with zero attached hydrogens (tertiary/aromatic N) is 1. The van der Waals surface area contributed by atoms with Crippen LogP contribution in [-0.2, 0) is 18.4 Å². The number of amides is 1. The lowest BCUT2D eigenvalue weighted by molar-refractivity contribution is -0.870. The Bertz CT molecular complexity index is 1290.